The van der Waals surface area contributed by atoms with Crippen LogP contribution in [-0.2, 0) is 76.4 Å². The number of quaternary nitrogens is 1. The number of nitrogens with zero attached hydrogens (tertiary/aromatic N) is 3. The van der Waals surface area contributed by atoms with E-state index in [4.69, 9.17) is 53.1 Å². The van der Waals surface area contributed by atoms with Crippen molar-refractivity contribution in [3.05, 3.63) is 10.4 Å². The van der Waals surface area contributed by atoms with E-state index in [2.05, 4.69) is 64.7 Å². The van der Waals surface area contributed by atoms with E-state index in [9.17, 15) is 38.4 Å². The molecule has 0 fully saturated rings. The van der Waals surface area contributed by atoms with Crippen LogP contribution in [0.2, 0.25) is 0 Å². The molecule has 0 saturated carbocycles. The van der Waals surface area contributed by atoms with Crippen LogP contribution in [0.4, 0.5) is 9.59 Å². The van der Waals surface area contributed by atoms with E-state index < -0.39 is 87.7 Å². The second-order valence-electron chi connectivity index (χ2n) is 29.0. The van der Waals surface area contributed by atoms with E-state index in [0.29, 0.717) is 19.4 Å². The molecule has 7 N–H and O–H groups in total. The first kappa shape index (κ1) is 93.8. The van der Waals surface area contributed by atoms with Crippen LogP contribution in [0.25, 0.3) is 10.4 Å². The molecule has 0 unspecified atom stereocenters. The number of hydrogen-bond donors (Lipinski definition) is 5. The van der Waals surface area contributed by atoms with Gasteiger partial charge in [0.2, 0.25) is 0 Å². The molecule has 4 amide bonds. The van der Waals surface area contributed by atoms with Gasteiger partial charge in [-0.3, -0.25) is 14.4 Å². The molecule has 0 aliphatic rings. The quantitative estimate of drug-likeness (QED) is 0.0153. The molecule has 0 aromatic heterocycles. The number of amides is 4. The topological polar surface area (TPSA) is 385 Å². The third-order valence-corrected chi connectivity index (χ3v) is 10.8. The van der Waals surface area contributed by atoms with E-state index in [1.165, 1.54) is 0 Å². The molecule has 0 saturated heterocycles. The monoisotopic (exact) mass is 1290 g/mol. The number of ether oxygens (including phenoxy) is 6. The number of hydrogen-bond acceptors (Lipinski definition) is 19. The van der Waals surface area contributed by atoms with Crippen molar-refractivity contribution < 1.29 is 104 Å². The van der Waals surface area contributed by atoms with Crippen LogP contribution in [0.3, 0.4) is 0 Å². The normalized spacial score (nSPS) is 13.1. The molecule has 27 heteroatoms. The highest BCUT2D eigenvalue weighted by molar-refractivity contribution is 5.85. The highest BCUT2D eigenvalue weighted by atomic mass is 35.5. The predicted molar refractivity (Wildman–Crippen MR) is 329 cm³/mol. The second-order valence-corrected chi connectivity index (χ2v) is 29.0. The first-order valence-electron chi connectivity index (χ1n) is 29.9. The van der Waals surface area contributed by atoms with Gasteiger partial charge in [0.05, 0.1) is 6.42 Å². The highest BCUT2D eigenvalue weighted by Gasteiger charge is 2.34. The zero-order chi connectivity index (χ0) is 70.3. The molecule has 0 heterocycles. The number of esters is 6. The lowest BCUT2D eigenvalue weighted by Gasteiger charge is -2.32. The Balaban J connectivity index is -0.000000285. The van der Waals surface area contributed by atoms with Crippen molar-refractivity contribution in [2.75, 3.05) is 6.54 Å². The molecule has 89 heavy (non-hydrogen) atoms. The molecule has 0 aromatic rings. The first-order valence-corrected chi connectivity index (χ1v) is 29.9. The fraction of sp³-hybridized carbons (Fsp3) is 0.839. The predicted octanol–water partition coefficient (Wildman–Crippen LogP) is 7.02. The standard InChI is InChI=1S/C24H46N2O5.C23H43N5O5.C13H25NO4.2CO2.ClH/c1-11-12-13-14-18(22(2,3)4)26-21(29)25-17(20(28)31-24(8,9)10)15-16-19(27)30-23(5,6)7;1-21(2,3)17(12-10-11-15-25-28-24)27-20(31)26-16(19(30)33-23(7,8)9)13-14-18(29)32-22(4,5)6;1-12(2,3)17-10(15)8-7-9(14)11(16)18-13(4,5)6;2*2-1-3;/h17-18H,11-16H2,1-10H3,(H2,25,26,29);16-17H,10-15H2,1-9H3,(H2,26,27,31);9H,7-8,14H2,1-6H3;;;1H/t17-,18-;16-,17-;9-;;;/m000.../s1. The van der Waals surface area contributed by atoms with E-state index in [1.54, 1.807) is 125 Å². The van der Waals surface area contributed by atoms with Gasteiger partial charge in [0, 0.05) is 42.8 Å². The molecule has 0 aliphatic carbocycles. The summed E-state index contributed by atoms with van der Waals surface area (Å²) in [6.45, 7) is 46.8. The summed E-state index contributed by atoms with van der Waals surface area (Å²) < 4.78 is 31.8. The van der Waals surface area contributed by atoms with Crippen molar-refractivity contribution in [1.82, 2.24) is 21.3 Å². The summed E-state index contributed by atoms with van der Waals surface area (Å²) in [5.74, 6) is -2.75. The molecule has 26 nitrogen and oxygen atoms in total. The molecule has 5 atom stereocenters. The Morgan fingerprint density at radius 2 is 0.697 bits per heavy atom. The SMILES string of the molecule is CC(C)(C)OC(=O)CC[C@H](NC(=O)N[C@@H](CCCCN=[N+]=[N-])C(C)(C)C)C(=O)OC(C)(C)C.CC(C)(C)OC(=O)CC[C@H]([NH3+])C(=O)OC(C)(C)C.CCCCC[C@H](NC(=O)N[C@@H](CCC(=O)OC(C)(C)C)C(=O)OC(C)(C)C)C(C)(C)C.O=C=O.O=C=O.[Cl-]. The number of nitrogens with one attached hydrogen (secondary N) is 4. The van der Waals surface area contributed by atoms with Gasteiger partial charge in [0.25, 0.3) is 0 Å². The van der Waals surface area contributed by atoms with Gasteiger partial charge < -0.3 is 67.8 Å². The van der Waals surface area contributed by atoms with E-state index >= 15 is 0 Å². The molecule has 0 aliphatic heterocycles. The number of unbranched alkanes of at least 4 members (excludes halogenated alkanes) is 3. The van der Waals surface area contributed by atoms with Crippen LogP contribution in [0.5, 0.6) is 0 Å². The zero-order valence-electron chi connectivity index (χ0n) is 58.6. The number of carbonyl (C=O) groups excluding carboxylic acids is 12. The third kappa shape index (κ3) is 63.1. The lowest BCUT2D eigenvalue weighted by Crippen LogP contribution is -3.00. The van der Waals surface area contributed by atoms with Gasteiger partial charge in [0.15, 0.2) is 6.04 Å². The number of rotatable bonds is 25. The van der Waals surface area contributed by atoms with Gasteiger partial charge in [0.1, 0.15) is 45.7 Å². The Kier molecular flexibility index (Phi) is 47.4. The summed E-state index contributed by atoms with van der Waals surface area (Å²) in [6.07, 6.45) is 7.40. The smallest absolute Gasteiger partial charge is 0.373 e. The average Bonchev–Trinajstić information content (AvgIpc) is 3.53. The summed E-state index contributed by atoms with van der Waals surface area (Å²) in [7, 11) is 0. The minimum absolute atomic E-state index is 0. The van der Waals surface area contributed by atoms with Gasteiger partial charge in [-0.1, -0.05) is 79.3 Å². The van der Waals surface area contributed by atoms with Crippen molar-refractivity contribution in [2.24, 2.45) is 15.9 Å². The van der Waals surface area contributed by atoms with Crippen LogP contribution >= 0.6 is 0 Å². The molecule has 0 aromatic carbocycles. The maximum absolute atomic E-state index is 12.8. The number of carbonyl (C=O) groups is 8. The van der Waals surface area contributed by atoms with Crippen LogP contribution in [0, 0.1) is 10.8 Å². The minimum atomic E-state index is -0.998. The van der Waals surface area contributed by atoms with Crippen LogP contribution in [-0.4, -0.2) is 131 Å². The molecule has 0 spiro atoms. The van der Waals surface area contributed by atoms with E-state index in [1.807, 2.05) is 20.8 Å². The largest absolute Gasteiger partial charge is 1.00 e. The zero-order valence-corrected chi connectivity index (χ0v) is 59.3. The van der Waals surface area contributed by atoms with Gasteiger partial charge in [-0.25, -0.2) is 24.0 Å². The molecule has 0 radical (unpaired) electrons. The Morgan fingerprint density at radius 3 is 0.955 bits per heavy atom. The summed E-state index contributed by atoms with van der Waals surface area (Å²) in [4.78, 5) is 133. The van der Waals surface area contributed by atoms with E-state index in [0.717, 1.165) is 38.5 Å². The van der Waals surface area contributed by atoms with Crippen molar-refractivity contribution in [1.29, 1.82) is 0 Å². The maximum atomic E-state index is 12.8. The summed E-state index contributed by atoms with van der Waals surface area (Å²) in [5, 5.41) is 14.9. The Labute approximate surface area is 536 Å². The second kappa shape index (κ2) is 45.0. The molecule has 0 bridgehead atoms. The number of urea groups is 2. The van der Waals surface area contributed by atoms with Crippen molar-refractivity contribution >= 4 is 60.2 Å². The summed E-state index contributed by atoms with van der Waals surface area (Å²) in [5.41, 5.74) is 8.03. The van der Waals surface area contributed by atoms with Crippen molar-refractivity contribution in [3.63, 3.8) is 0 Å². The Morgan fingerprint density at radius 1 is 0.427 bits per heavy atom. The lowest BCUT2D eigenvalue weighted by molar-refractivity contribution is -0.410. The van der Waals surface area contributed by atoms with Crippen LogP contribution < -0.4 is 39.4 Å². The number of halogens is 1. The molecular weight excluding hydrogens is 1180 g/mol. The fourth-order valence-corrected chi connectivity index (χ4v) is 7.07. The molecule has 518 valence electrons. The van der Waals surface area contributed by atoms with Crippen molar-refractivity contribution in [3.8, 4) is 0 Å². The summed E-state index contributed by atoms with van der Waals surface area (Å²) >= 11 is 0. The van der Waals surface area contributed by atoms with Crippen molar-refractivity contribution in [2.45, 2.75) is 320 Å². The molecular formula is C62H115ClN8O18. The van der Waals surface area contributed by atoms with E-state index in [-0.39, 0.29) is 91.7 Å². The van der Waals surface area contributed by atoms with Gasteiger partial charge in [-0.2, -0.15) is 19.2 Å². The molecule has 0 rings (SSSR count). The van der Waals surface area contributed by atoms with Gasteiger partial charge in [-0.15, -0.1) is 0 Å². The third-order valence-electron chi connectivity index (χ3n) is 10.8. The van der Waals surface area contributed by atoms with Crippen LogP contribution in [0.1, 0.15) is 257 Å². The Bertz CT molecular complexity index is 2210. The lowest BCUT2D eigenvalue weighted by atomic mass is 9.83. The van der Waals surface area contributed by atoms with Gasteiger partial charge in [-0.05, 0) is 173 Å². The maximum Gasteiger partial charge on any atom is 0.373 e. The highest BCUT2D eigenvalue weighted by Crippen LogP contribution is 2.26. The van der Waals surface area contributed by atoms with Gasteiger partial charge >= 0.3 is 60.2 Å². The first-order chi connectivity index (χ1) is 39.6. The Hall–Kier alpha value is -6.32. The average molecular weight is 1300 g/mol. The summed E-state index contributed by atoms with van der Waals surface area (Å²) in [6, 6.07) is -3.64. The number of azide groups is 1. The fourth-order valence-electron chi connectivity index (χ4n) is 7.07. The van der Waals surface area contributed by atoms with Crippen LogP contribution in [0.15, 0.2) is 5.11 Å². The minimum Gasteiger partial charge on any atom is -1.00 e.